The van der Waals surface area contributed by atoms with Crippen molar-refractivity contribution in [2.45, 2.75) is 51.4 Å². The standard InChI is InChI=1S/C16H21N5/c1-11-10-18-9-8-13(11)15-19-14(20-16(17)21-15)12-6-4-2-3-5-7-12/h8-10,12H,2-7H2,1H3,(H2,17,19,20,21). The van der Waals surface area contributed by atoms with Crippen LogP contribution in [-0.4, -0.2) is 19.9 Å². The van der Waals surface area contributed by atoms with E-state index >= 15 is 0 Å². The summed E-state index contributed by atoms with van der Waals surface area (Å²) in [6, 6.07) is 1.93. The summed E-state index contributed by atoms with van der Waals surface area (Å²) in [5.74, 6) is 2.26. The third-order valence-corrected chi connectivity index (χ3v) is 4.15. The Hall–Kier alpha value is -2.04. The summed E-state index contributed by atoms with van der Waals surface area (Å²) >= 11 is 0. The van der Waals surface area contributed by atoms with Gasteiger partial charge in [0.1, 0.15) is 5.82 Å². The normalized spacial score (nSPS) is 16.6. The molecule has 0 aliphatic heterocycles. The van der Waals surface area contributed by atoms with E-state index in [-0.39, 0.29) is 0 Å². The molecule has 21 heavy (non-hydrogen) atoms. The van der Waals surface area contributed by atoms with Crippen molar-refractivity contribution in [3.05, 3.63) is 29.8 Å². The molecule has 0 bridgehead atoms. The van der Waals surface area contributed by atoms with E-state index in [1.165, 1.54) is 25.7 Å². The Morgan fingerprint density at radius 2 is 1.81 bits per heavy atom. The zero-order chi connectivity index (χ0) is 14.7. The molecule has 0 atom stereocenters. The first kappa shape index (κ1) is 13.9. The van der Waals surface area contributed by atoms with E-state index < -0.39 is 0 Å². The molecule has 0 saturated heterocycles. The van der Waals surface area contributed by atoms with Gasteiger partial charge in [0, 0.05) is 23.9 Å². The maximum atomic E-state index is 5.91. The van der Waals surface area contributed by atoms with E-state index in [9.17, 15) is 0 Å². The highest BCUT2D eigenvalue weighted by Crippen LogP contribution is 2.31. The number of nitrogens with two attached hydrogens (primary N) is 1. The van der Waals surface area contributed by atoms with Gasteiger partial charge < -0.3 is 5.73 Å². The number of hydrogen-bond donors (Lipinski definition) is 1. The highest BCUT2D eigenvalue weighted by molar-refractivity contribution is 5.59. The monoisotopic (exact) mass is 283 g/mol. The Morgan fingerprint density at radius 1 is 1.05 bits per heavy atom. The van der Waals surface area contributed by atoms with Crippen LogP contribution in [0.4, 0.5) is 5.95 Å². The fourth-order valence-corrected chi connectivity index (χ4v) is 2.97. The Bertz CT molecular complexity index is 618. The number of hydrogen-bond acceptors (Lipinski definition) is 5. The lowest BCUT2D eigenvalue weighted by atomic mass is 9.99. The largest absolute Gasteiger partial charge is 0.368 e. The SMILES string of the molecule is Cc1cnccc1-c1nc(N)nc(C2CCCCCC2)n1. The van der Waals surface area contributed by atoms with Gasteiger partial charge in [0.25, 0.3) is 0 Å². The second-order valence-electron chi connectivity index (χ2n) is 5.75. The van der Waals surface area contributed by atoms with Gasteiger partial charge in [-0.1, -0.05) is 25.7 Å². The Balaban J connectivity index is 1.98. The van der Waals surface area contributed by atoms with Crippen LogP contribution in [0.5, 0.6) is 0 Å². The van der Waals surface area contributed by atoms with Gasteiger partial charge >= 0.3 is 0 Å². The summed E-state index contributed by atoms with van der Waals surface area (Å²) in [5, 5.41) is 0. The molecule has 3 rings (SSSR count). The van der Waals surface area contributed by atoms with Gasteiger partial charge in [-0.15, -0.1) is 0 Å². The Labute approximate surface area is 125 Å². The Kier molecular flexibility index (Phi) is 4.08. The van der Waals surface area contributed by atoms with Crippen molar-refractivity contribution >= 4 is 5.95 Å². The third kappa shape index (κ3) is 3.17. The number of anilines is 1. The number of nitrogens with zero attached hydrogens (tertiary/aromatic N) is 4. The van der Waals surface area contributed by atoms with E-state index in [2.05, 4.69) is 15.0 Å². The van der Waals surface area contributed by atoms with Gasteiger partial charge in [-0.3, -0.25) is 4.98 Å². The smallest absolute Gasteiger partial charge is 0.223 e. The number of aryl methyl sites for hydroxylation is 1. The zero-order valence-electron chi connectivity index (χ0n) is 12.4. The molecule has 2 N–H and O–H groups in total. The number of nitrogen functional groups attached to an aromatic ring is 1. The van der Waals surface area contributed by atoms with Crippen molar-refractivity contribution in [1.82, 2.24) is 19.9 Å². The molecular weight excluding hydrogens is 262 g/mol. The minimum Gasteiger partial charge on any atom is -0.368 e. The molecule has 0 unspecified atom stereocenters. The van der Waals surface area contributed by atoms with Crippen molar-refractivity contribution in [2.24, 2.45) is 0 Å². The molecule has 0 aromatic carbocycles. The fourth-order valence-electron chi connectivity index (χ4n) is 2.97. The molecular formula is C16H21N5. The van der Waals surface area contributed by atoms with Crippen molar-refractivity contribution in [3.63, 3.8) is 0 Å². The second-order valence-corrected chi connectivity index (χ2v) is 5.75. The van der Waals surface area contributed by atoms with Crippen LogP contribution in [0.25, 0.3) is 11.4 Å². The summed E-state index contributed by atoms with van der Waals surface area (Å²) in [6.07, 6.45) is 11.0. The second kappa shape index (κ2) is 6.16. The molecule has 5 heteroatoms. The summed E-state index contributed by atoms with van der Waals surface area (Å²) in [4.78, 5) is 17.5. The lowest BCUT2D eigenvalue weighted by molar-refractivity contribution is 0.559. The van der Waals surface area contributed by atoms with E-state index in [0.717, 1.165) is 29.8 Å². The van der Waals surface area contributed by atoms with Crippen LogP contribution < -0.4 is 5.73 Å². The van der Waals surface area contributed by atoms with Gasteiger partial charge in [-0.25, -0.2) is 4.98 Å². The van der Waals surface area contributed by atoms with Gasteiger partial charge in [-0.2, -0.15) is 9.97 Å². The average Bonchev–Trinajstić information content (AvgIpc) is 2.76. The van der Waals surface area contributed by atoms with Crippen LogP contribution in [0.1, 0.15) is 55.8 Å². The van der Waals surface area contributed by atoms with E-state index in [1.54, 1.807) is 6.20 Å². The van der Waals surface area contributed by atoms with Crippen LogP contribution >= 0.6 is 0 Å². The van der Waals surface area contributed by atoms with Crippen molar-refractivity contribution in [1.29, 1.82) is 0 Å². The highest BCUT2D eigenvalue weighted by Gasteiger charge is 2.19. The molecule has 0 radical (unpaired) electrons. The first-order valence-corrected chi connectivity index (χ1v) is 7.66. The molecule has 2 aromatic rings. The molecule has 2 heterocycles. The molecule has 0 amide bonds. The highest BCUT2D eigenvalue weighted by atomic mass is 15.1. The van der Waals surface area contributed by atoms with Gasteiger partial charge in [0.15, 0.2) is 5.82 Å². The van der Waals surface area contributed by atoms with Crippen molar-refractivity contribution in [3.8, 4) is 11.4 Å². The maximum absolute atomic E-state index is 5.91. The number of rotatable bonds is 2. The quantitative estimate of drug-likeness (QED) is 0.856. The molecule has 5 nitrogen and oxygen atoms in total. The zero-order valence-corrected chi connectivity index (χ0v) is 12.4. The molecule has 1 saturated carbocycles. The molecule has 1 fully saturated rings. The molecule has 1 aliphatic rings. The van der Waals surface area contributed by atoms with Crippen LogP contribution in [0, 0.1) is 6.92 Å². The average molecular weight is 283 g/mol. The first-order chi connectivity index (χ1) is 10.2. The van der Waals surface area contributed by atoms with Gasteiger partial charge in [0.2, 0.25) is 5.95 Å². The van der Waals surface area contributed by atoms with Gasteiger partial charge in [0.05, 0.1) is 0 Å². The topological polar surface area (TPSA) is 77.6 Å². The summed E-state index contributed by atoms with van der Waals surface area (Å²) in [6.45, 7) is 2.01. The summed E-state index contributed by atoms with van der Waals surface area (Å²) in [5.41, 5.74) is 7.95. The van der Waals surface area contributed by atoms with E-state index in [4.69, 9.17) is 10.7 Å². The lowest BCUT2D eigenvalue weighted by Gasteiger charge is -2.14. The van der Waals surface area contributed by atoms with Crippen LogP contribution in [0.2, 0.25) is 0 Å². The third-order valence-electron chi connectivity index (χ3n) is 4.15. The minimum atomic E-state index is 0.315. The van der Waals surface area contributed by atoms with Crippen LogP contribution in [0.15, 0.2) is 18.5 Å². The summed E-state index contributed by atoms with van der Waals surface area (Å²) in [7, 11) is 0. The predicted octanol–water partition coefficient (Wildman–Crippen LogP) is 3.26. The molecule has 2 aromatic heterocycles. The van der Waals surface area contributed by atoms with Crippen LogP contribution in [-0.2, 0) is 0 Å². The molecule has 0 spiro atoms. The fraction of sp³-hybridized carbons (Fsp3) is 0.500. The minimum absolute atomic E-state index is 0.315. The van der Waals surface area contributed by atoms with Crippen LogP contribution in [0.3, 0.4) is 0 Å². The lowest BCUT2D eigenvalue weighted by Crippen LogP contribution is -2.09. The van der Waals surface area contributed by atoms with E-state index in [1.807, 2.05) is 19.2 Å². The molecule has 110 valence electrons. The molecule has 1 aliphatic carbocycles. The summed E-state index contributed by atoms with van der Waals surface area (Å²) < 4.78 is 0. The van der Waals surface area contributed by atoms with Crippen molar-refractivity contribution < 1.29 is 0 Å². The van der Waals surface area contributed by atoms with E-state index in [0.29, 0.717) is 17.7 Å². The first-order valence-electron chi connectivity index (χ1n) is 7.66. The predicted molar refractivity (Wildman–Crippen MR) is 82.7 cm³/mol. The van der Waals surface area contributed by atoms with Crippen molar-refractivity contribution in [2.75, 3.05) is 5.73 Å². The number of pyridine rings is 1. The number of aromatic nitrogens is 4. The Morgan fingerprint density at radius 3 is 2.52 bits per heavy atom. The van der Waals surface area contributed by atoms with Gasteiger partial charge in [-0.05, 0) is 31.4 Å². The maximum Gasteiger partial charge on any atom is 0.223 e.